The lowest BCUT2D eigenvalue weighted by Crippen LogP contribution is -2.38. The quantitative estimate of drug-likeness (QED) is 0.853. The maximum absolute atomic E-state index is 10.1. The molecule has 0 aliphatic carbocycles. The number of piperidine rings is 1. The van der Waals surface area contributed by atoms with E-state index in [1.165, 1.54) is 19.3 Å². The van der Waals surface area contributed by atoms with Crippen molar-refractivity contribution in [1.82, 2.24) is 5.32 Å². The molecule has 1 aliphatic rings. The second-order valence-corrected chi connectivity index (χ2v) is 5.20. The molecule has 3 heteroatoms. The number of benzene rings is 1. The molecular weight excluding hydrogens is 246 g/mol. The highest BCUT2D eigenvalue weighted by atomic mass is 35.5. The van der Waals surface area contributed by atoms with Gasteiger partial charge < -0.3 is 10.4 Å². The summed E-state index contributed by atoms with van der Waals surface area (Å²) in [5, 5.41) is 14.2. The van der Waals surface area contributed by atoms with E-state index >= 15 is 0 Å². The molecule has 0 spiro atoms. The molecule has 2 nitrogen and oxygen atoms in total. The SMILES string of the molecule is CCC.OC(c1cccc(Cl)c1)C1CCCCN1. The highest BCUT2D eigenvalue weighted by Gasteiger charge is 2.22. The monoisotopic (exact) mass is 269 g/mol. The molecule has 1 heterocycles. The maximum atomic E-state index is 10.1. The normalized spacial score (nSPS) is 20.8. The van der Waals surface area contributed by atoms with Crippen LogP contribution in [0.5, 0.6) is 0 Å². The summed E-state index contributed by atoms with van der Waals surface area (Å²) in [6.07, 6.45) is 4.24. The van der Waals surface area contributed by atoms with Crippen LogP contribution in [0, 0.1) is 0 Å². The van der Waals surface area contributed by atoms with E-state index in [1.807, 2.05) is 24.3 Å². The molecule has 0 amide bonds. The highest BCUT2D eigenvalue weighted by Crippen LogP contribution is 2.24. The van der Waals surface area contributed by atoms with Crippen LogP contribution < -0.4 is 5.32 Å². The molecule has 2 unspecified atom stereocenters. The van der Waals surface area contributed by atoms with E-state index in [0.717, 1.165) is 18.5 Å². The van der Waals surface area contributed by atoms with Gasteiger partial charge in [0.05, 0.1) is 6.10 Å². The number of aliphatic hydroxyl groups is 1. The van der Waals surface area contributed by atoms with Gasteiger partial charge in [0.25, 0.3) is 0 Å². The summed E-state index contributed by atoms with van der Waals surface area (Å²) in [4.78, 5) is 0. The van der Waals surface area contributed by atoms with Gasteiger partial charge in [-0.25, -0.2) is 0 Å². The van der Waals surface area contributed by atoms with Crippen LogP contribution in [-0.2, 0) is 0 Å². The van der Waals surface area contributed by atoms with Crippen molar-refractivity contribution in [2.45, 2.75) is 51.7 Å². The van der Waals surface area contributed by atoms with Gasteiger partial charge in [0.2, 0.25) is 0 Å². The Morgan fingerprint density at radius 1 is 1.39 bits per heavy atom. The Kier molecular flexibility index (Phi) is 7.33. The van der Waals surface area contributed by atoms with Crippen molar-refractivity contribution < 1.29 is 5.11 Å². The molecule has 2 atom stereocenters. The van der Waals surface area contributed by atoms with Gasteiger partial charge in [-0.05, 0) is 37.1 Å². The van der Waals surface area contributed by atoms with E-state index in [-0.39, 0.29) is 6.04 Å². The van der Waals surface area contributed by atoms with Crippen molar-refractivity contribution in [2.75, 3.05) is 6.54 Å². The first-order chi connectivity index (χ1) is 8.69. The Bertz CT molecular complexity index is 337. The number of aliphatic hydroxyl groups excluding tert-OH is 1. The smallest absolute Gasteiger partial charge is 0.0943 e. The fraction of sp³-hybridized carbons (Fsp3) is 0.600. The molecule has 18 heavy (non-hydrogen) atoms. The molecule has 1 aromatic carbocycles. The van der Waals surface area contributed by atoms with Crippen molar-refractivity contribution in [1.29, 1.82) is 0 Å². The lowest BCUT2D eigenvalue weighted by molar-refractivity contribution is 0.114. The van der Waals surface area contributed by atoms with Gasteiger partial charge in [0.1, 0.15) is 0 Å². The third-order valence-electron chi connectivity index (χ3n) is 2.92. The summed E-state index contributed by atoms with van der Waals surface area (Å²) >= 11 is 5.90. The van der Waals surface area contributed by atoms with Crippen LogP contribution in [0.2, 0.25) is 5.02 Å². The van der Waals surface area contributed by atoms with E-state index in [4.69, 9.17) is 11.6 Å². The Morgan fingerprint density at radius 3 is 2.67 bits per heavy atom. The summed E-state index contributed by atoms with van der Waals surface area (Å²) in [5.74, 6) is 0. The first-order valence-electron chi connectivity index (χ1n) is 6.86. The van der Waals surface area contributed by atoms with Crippen LogP contribution in [0.4, 0.5) is 0 Å². The van der Waals surface area contributed by atoms with Gasteiger partial charge in [-0.2, -0.15) is 0 Å². The second kappa shape index (κ2) is 8.52. The van der Waals surface area contributed by atoms with Crippen molar-refractivity contribution in [3.8, 4) is 0 Å². The standard InChI is InChI=1S/C12H16ClNO.C3H8/c13-10-5-3-4-9(8-10)12(15)11-6-1-2-7-14-11;1-3-2/h3-5,8,11-12,14-15H,1-2,6-7H2;3H2,1-2H3. The topological polar surface area (TPSA) is 32.3 Å². The summed E-state index contributed by atoms with van der Waals surface area (Å²) in [6, 6.07) is 7.64. The van der Waals surface area contributed by atoms with Crippen molar-refractivity contribution in [3.63, 3.8) is 0 Å². The van der Waals surface area contributed by atoms with Crippen LogP contribution >= 0.6 is 11.6 Å². The third-order valence-corrected chi connectivity index (χ3v) is 3.15. The molecule has 1 aliphatic heterocycles. The number of halogens is 1. The third kappa shape index (κ3) is 4.97. The predicted octanol–water partition coefficient (Wildman–Crippen LogP) is 3.93. The fourth-order valence-corrected chi connectivity index (χ4v) is 2.27. The zero-order valence-electron chi connectivity index (χ0n) is 11.3. The van der Waals surface area contributed by atoms with Gasteiger partial charge in [-0.15, -0.1) is 0 Å². The van der Waals surface area contributed by atoms with Crippen LogP contribution in [0.25, 0.3) is 0 Å². The first kappa shape index (κ1) is 15.5. The van der Waals surface area contributed by atoms with E-state index < -0.39 is 6.10 Å². The van der Waals surface area contributed by atoms with E-state index in [9.17, 15) is 5.11 Å². The summed E-state index contributed by atoms with van der Waals surface area (Å²) in [5.41, 5.74) is 0.905. The highest BCUT2D eigenvalue weighted by molar-refractivity contribution is 6.30. The average molecular weight is 270 g/mol. The van der Waals surface area contributed by atoms with Crippen molar-refractivity contribution >= 4 is 11.6 Å². The molecule has 0 radical (unpaired) electrons. The fourth-order valence-electron chi connectivity index (χ4n) is 2.07. The molecule has 102 valence electrons. The molecule has 0 saturated carbocycles. The van der Waals surface area contributed by atoms with E-state index in [1.54, 1.807) is 0 Å². The van der Waals surface area contributed by atoms with Crippen LogP contribution in [0.3, 0.4) is 0 Å². The van der Waals surface area contributed by atoms with Crippen molar-refractivity contribution in [3.05, 3.63) is 34.9 Å². The molecule has 1 aromatic rings. The number of hydrogen-bond acceptors (Lipinski definition) is 2. The molecule has 1 saturated heterocycles. The Hall–Kier alpha value is -0.570. The number of rotatable bonds is 2. The Morgan fingerprint density at radius 2 is 2.11 bits per heavy atom. The van der Waals surface area contributed by atoms with Gasteiger partial charge in [0.15, 0.2) is 0 Å². The molecule has 2 rings (SSSR count). The zero-order valence-corrected chi connectivity index (χ0v) is 12.1. The summed E-state index contributed by atoms with van der Waals surface area (Å²) in [6.45, 7) is 5.25. The second-order valence-electron chi connectivity index (χ2n) is 4.76. The zero-order chi connectivity index (χ0) is 13.4. The minimum Gasteiger partial charge on any atom is -0.387 e. The largest absolute Gasteiger partial charge is 0.387 e. The van der Waals surface area contributed by atoms with Gasteiger partial charge in [-0.3, -0.25) is 0 Å². The molecule has 0 aromatic heterocycles. The number of nitrogens with one attached hydrogen (secondary N) is 1. The lowest BCUT2D eigenvalue weighted by atomic mass is 9.95. The Balaban J connectivity index is 0.000000492. The predicted molar refractivity (Wildman–Crippen MR) is 78.0 cm³/mol. The summed E-state index contributed by atoms with van der Waals surface area (Å²) in [7, 11) is 0. The van der Waals surface area contributed by atoms with E-state index in [2.05, 4.69) is 19.2 Å². The van der Waals surface area contributed by atoms with Gasteiger partial charge in [0, 0.05) is 11.1 Å². The minimum atomic E-state index is -0.441. The number of hydrogen-bond donors (Lipinski definition) is 2. The minimum absolute atomic E-state index is 0.178. The Labute approximate surface area is 115 Å². The molecule has 1 fully saturated rings. The van der Waals surface area contributed by atoms with Crippen LogP contribution in [-0.4, -0.2) is 17.7 Å². The molecular formula is C15H24ClNO. The lowest BCUT2D eigenvalue weighted by Gasteiger charge is -2.28. The molecule has 2 N–H and O–H groups in total. The van der Waals surface area contributed by atoms with Gasteiger partial charge >= 0.3 is 0 Å². The first-order valence-corrected chi connectivity index (χ1v) is 7.23. The average Bonchev–Trinajstić information content (AvgIpc) is 2.40. The van der Waals surface area contributed by atoms with Crippen LogP contribution in [0.1, 0.15) is 51.2 Å². The maximum Gasteiger partial charge on any atom is 0.0943 e. The summed E-state index contributed by atoms with van der Waals surface area (Å²) < 4.78 is 0. The molecule has 0 bridgehead atoms. The van der Waals surface area contributed by atoms with Crippen LogP contribution in [0.15, 0.2) is 24.3 Å². The van der Waals surface area contributed by atoms with Crippen molar-refractivity contribution in [2.24, 2.45) is 0 Å². The van der Waals surface area contributed by atoms with E-state index in [0.29, 0.717) is 5.02 Å². The van der Waals surface area contributed by atoms with Gasteiger partial charge in [-0.1, -0.05) is 50.4 Å².